The van der Waals surface area contributed by atoms with E-state index in [-0.39, 0.29) is 5.91 Å². The molecule has 1 aromatic rings. The summed E-state index contributed by atoms with van der Waals surface area (Å²) in [5.74, 6) is -0.0806. The van der Waals surface area contributed by atoms with Gasteiger partial charge in [-0.25, -0.2) is 0 Å². The van der Waals surface area contributed by atoms with Crippen molar-refractivity contribution in [3.8, 4) is 0 Å². The molecular formula is C17H24Cl2N2O2. The van der Waals surface area contributed by atoms with E-state index in [1.165, 1.54) is 0 Å². The number of likely N-dealkylation sites (tertiary alicyclic amines) is 1. The zero-order chi connectivity index (χ0) is 17.2. The standard InChI is InChI=1S/C17H24Cl2N2O2/c1-12-14(18)9-13(10-15(12)19)16(22)21-7-4-5-17(23,6-8-21)11-20(2)3/h9-10,23H,4-8,11H2,1-3H3/t17-/m1/s1. The molecule has 1 saturated heterocycles. The van der Waals surface area contributed by atoms with Gasteiger partial charge < -0.3 is 14.9 Å². The monoisotopic (exact) mass is 358 g/mol. The van der Waals surface area contributed by atoms with E-state index in [0.717, 1.165) is 12.0 Å². The van der Waals surface area contributed by atoms with Gasteiger partial charge in [-0.05, 0) is 58.0 Å². The highest BCUT2D eigenvalue weighted by Gasteiger charge is 2.32. The summed E-state index contributed by atoms with van der Waals surface area (Å²) >= 11 is 12.3. The molecule has 0 spiro atoms. The van der Waals surface area contributed by atoms with Crippen LogP contribution < -0.4 is 0 Å². The Bertz CT molecular complexity index is 569. The van der Waals surface area contributed by atoms with Crippen molar-refractivity contribution in [3.05, 3.63) is 33.3 Å². The zero-order valence-corrected chi connectivity index (χ0v) is 15.4. The van der Waals surface area contributed by atoms with Crippen LogP contribution in [0.3, 0.4) is 0 Å². The predicted molar refractivity (Wildman–Crippen MR) is 94.5 cm³/mol. The molecule has 0 aliphatic carbocycles. The van der Waals surface area contributed by atoms with Crippen LogP contribution in [0.4, 0.5) is 0 Å². The molecule has 1 N–H and O–H groups in total. The minimum Gasteiger partial charge on any atom is -0.388 e. The quantitative estimate of drug-likeness (QED) is 0.901. The van der Waals surface area contributed by atoms with Crippen molar-refractivity contribution >= 4 is 29.1 Å². The largest absolute Gasteiger partial charge is 0.388 e. The lowest BCUT2D eigenvalue weighted by atomic mass is 9.94. The van der Waals surface area contributed by atoms with Gasteiger partial charge in [0.15, 0.2) is 0 Å². The number of rotatable bonds is 3. The second-order valence-corrected chi connectivity index (χ2v) is 7.49. The molecule has 6 heteroatoms. The highest BCUT2D eigenvalue weighted by atomic mass is 35.5. The van der Waals surface area contributed by atoms with Gasteiger partial charge >= 0.3 is 0 Å². The first-order valence-electron chi connectivity index (χ1n) is 7.84. The van der Waals surface area contributed by atoms with Crippen LogP contribution in [-0.2, 0) is 0 Å². The van der Waals surface area contributed by atoms with Crippen molar-refractivity contribution in [2.24, 2.45) is 0 Å². The molecule has 0 radical (unpaired) electrons. The number of hydrogen-bond acceptors (Lipinski definition) is 3. The highest BCUT2D eigenvalue weighted by Crippen LogP contribution is 2.28. The van der Waals surface area contributed by atoms with Gasteiger partial charge in [-0.15, -0.1) is 0 Å². The van der Waals surface area contributed by atoms with Gasteiger partial charge in [-0.2, -0.15) is 0 Å². The Balaban J connectivity index is 2.12. The van der Waals surface area contributed by atoms with E-state index in [1.54, 1.807) is 17.0 Å². The van der Waals surface area contributed by atoms with E-state index in [1.807, 2.05) is 25.9 Å². The maximum Gasteiger partial charge on any atom is 0.253 e. The Morgan fingerprint density at radius 2 is 1.87 bits per heavy atom. The number of hydrogen-bond donors (Lipinski definition) is 1. The molecule has 1 amide bonds. The van der Waals surface area contributed by atoms with Crippen LogP contribution in [0.2, 0.25) is 10.0 Å². The topological polar surface area (TPSA) is 43.8 Å². The summed E-state index contributed by atoms with van der Waals surface area (Å²) in [6.45, 7) is 3.60. The first-order valence-corrected chi connectivity index (χ1v) is 8.59. The van der Waals surface area contributed by atoms with Gasteiger partial charge in [0.2, 0.25) is 0 Å². The van der Waals surface area contributed by atoms with E-state index >= 15 is 0 Å². The third-order valence-corrected chi connectivity index (χ3v) is 5.13. The van der Waals surface area contributed by atoms with Gasteiger partial charge in [-0.1, -0.05) is 23.2 Å². The summed E-state index contributed by atoms with van der Waals surface area (Å²) in [4.78, 5) is 16.5. The zero-order valence-electron chi connectivity index (χ0n) is 13.9. The normalized spacial score (nSPS) is 22.3. The van der Waals surface area contributed by atoms with Gasteiger partial charge in [0.05, 0.1) is 5.60 Å². The minimum atomic E-state index is -0.735. The van der Waals surface area contributed by atoms with Crippen molar-refractivity contribution in [3.63, 3.8) is 0 Å². The molecule has 23 heavy (non-hydrogen) atoms. The number of carbonyl (C=O) groups excluding carboxylic acids is 1. The summed E-state index contributed by atoms with van der Waals surface area (Å²) in [6, 6.07) is 3.34. The summed E-state index contributed by atoms with van der Waals surface area (Å²) in [5, 5.41) is 11.7. The van der Waals surface area contributed by atoms with Crippen LogP contribution in [-0.4, -0.2) is 60.1 Å². The van der Waals surface area contributed by atoms with Crippen molar-refractivity contribution < 1.29 is 9.90 Å². The Kier molecular flexibility index (Phi) is 5.95. The number of benzene rings is 1. The first kappa shape index (κ1) is 18.5. The van der Waals surface area contributed by atoms with Gasteiger partial charge in [0, 0.05) is 35.2 Å². The van der Waals surface area contributed by atoms with Crippen molar-refractivity contribution in [1.82, 2.24) is 9.80 Å². The summed E-state index contributed by atoms with van der Waals surface area (Å²) in [7, 11) is 3.89. The van der Waals surface area contributed by atoms with Crippen LogP contribution in [0.15, 0.2) is 12.1 Å². The Morgan fingerprint density at radius 3 is 2.43 bits per heavy atom. The maximum absolute atomic E-state index is 12.7. The maximum atomic E-state index is 12.7. The van der Waals surface area contributed by atoms with Crippen molar-refractivity contribution in [2.75, 3.05) is 33.7 Å². The fourth-order valence-corrected chi connectivity index (χ4v) is 3.57. The molecular weight excluding hydrogens is 335 g/mol. The van der Waals surface area contributed by atoms with Crippen LogP contribution in [0, 0.1) is 6.92 Å². The molecule has 1 atom stereocenters. The summed E-state index contributed by atoms with van der Waals surface area (Å²) < 4.78 is 0. The van der Waals surface area contributed by atoms with Crippen molar-refractivity contribution in [2.45, 2.75) is 31.8 Å². The fourth-order valence-electron chi connectivity index (χ4n) is 3.08. The van der Waals surface area contributed by atoms with E-state index < -0.39 is 5.60 Å². The number of amides is 1. The molecule has 1 aliphatic heterocycles. The number of likely N-dealkylation sites (N-methyl/N-ethyl adjacent to an activating group) is 1. The van der Waals surface area contributed by atoms with Crippen LogP contribution in [0.5, 0.6) is 0 Å². The van der Waals surface area contributed by atoms with Gasteiger partial charge in [0.25, 0.3) is 5.91 Å². The molecule has 1 heterocycles. The SMILES string of the molecule is Cc1c(Cl)cc(C(=O)N2CCC[C@](O)(CN(C)C)CC2)cc1Cl. The third-order valence-electron chi connectivity index (χ3n) is 4.34. The first-order chi connectivity index (χ1) is 10.7. The average Bonchev–Trinajstić information content (AvgIpc) is 2.64. The Hall–Kier alpha value is -0.810. The second-order valence-electron chi connectivity index (χ2n) is 6.67. The molecule has 4 nitrogen and oxygen atoms in total. The van der Waals surface area contributed by atoms with Crippen LogP contribution >= 0.6 is 23.2 Å². The lowest BCUT2D eigenvalue weighted by Crippen LogP contribution is -2.41. The summed E-state index contributed by atoms with van der Waals surface area (Å²) in [6.07, 6.45) is 2.05. The minimum absolute atomic E-state index is 0.0806. The van der Waals surface area contributed by atoms with Crippen LogP contribution in [0.25, 0.3) is 0 Å². The van der Waals surface area contributed by atoms with Gasteiger partial charge in [0.1, 0.15) is 0 Å². The molecule has 1 aromatic carbocycles. The number of aliphatic hydroxyl groups is 1. The van der Waals surface area contributed by atoms with Crippen LogP contribution in [0.1, 0.15) is 35.2 Å². The number of nitrogens with zero attached hydrogens (tertiary/aromatic N) is 2. The third kappa shape index (κ3) is 4.60. The number of carbonyl (C=O) groups is 1. The molecule has 1 aliphatic rings. The van der Waals surface area contributed by atoms with E-state index in [0.29, 0.717) is 48.1 Å². The lowest BCUT2D eigenvalue weighted by molar-refractivity contribution is 0.00305. The average molecular weight is 359 g/mol. The van der Waals surface area contributed by atoms with Crippen molar-refractivity contribution in [1.29, 1.82) is 0 Å². The molecule has 0 unspecified atom stereocenters. The van der Waals surface area contributed by atoms with Gasteiger partial charge in [-0.3, -0.25) is 4.79 Å². The highest BCUT2D eigenvalue weighted by molar-refractivity contribution is 6.36. The lowest BCUT2D eigenvalue weighted by Gasteiger charge is -2.30. The molecule has 1 fully saturated rings. The fraction of sp³-hybridized carbons (Fsp3) is 0.588. The number of halogens is 2. The molecule has 128 valence electrons. The van der Waals surface area contributed by atoms with E-state index in [9.17, 15) is 9.90 Å². The molecule has 0 saturated carbocycles. The molecule has 2 rings (SSSR count). The van der Waals surface area contributed by atoms with E-state index in [2.05, 4.69) is 0 Å². The van der Waals surface area contributed by atoms with E-state index in [4.69, 9.17) is 23.2 Å². The Labute approximate surface area is 148 Å². The Morgan fingerprint density at radius 1 is 1.26 bits per heavy atom. The smallest absolute Gasteiger partial charge is 0.253 e. The second kappa shape index (κ2) is 7.39. The molecule has 0 aromatic heterocycles. The predicted octanol–water partition coefficient (Wildman–Crippen LogP) is 3.22. The summed E-state index contributed by atoms with van der Waals surface area (Å²) in [5.41, 5.74) is 0.547. The molecule has 0 bridgehead atoms.